The predicted molar refractivity (Wildman–Crippen MR) is 137 cm³/mol. The van der Waals surface area contributed by atoms with Crippen LogP contribution >= 0.6 is 0 Å². The Labute approximate surface area is 213 Å². The molecule has 184 valence electrons. The number of aryl methyl sites for hydroxylation is 2. The van der Waals surface area contributed by atoms with Gasteiger partial charge >= 0.3 is 0 Å². The van der Waals surface area contributed by atoms with E-state index in [1.54, 1.807) is 17.2 Å². The van der Waals surface area contributed by atoms with Crippen LogP contribution in [0.2, 0.25) is 0 Å². The molecule has 8 heteroatoms. The van der Waals surface area contributed by atoms with E-state index in [0.717, 1.165) is 22.3 Å². The topological polar surface area (TPSA) is 101 Å². The fourth-order valence-corrected chi connectivity index (χ4v) is 6.09. The lowest BCUT2D eigenvalue weighted by molar-refractivity contribution is -0.384. The number of non-ortho nitro benzene ring substituents is 1. The van der Waals surface area contributed by atoms with Gasteiger partial charge in [-0.05, 0) is 42.7 Å². The van der Waals surface area contributed by atoms with Crippen LogP contribution in [0.3, 0.4) is 0 Å². The maximum Gasteiger partial charge on any atom is 0.270 e. The van der Waals surface area contributed by atoms with Gasteiger partial charge in [-0.2, -0.15) is 0 Å². The molecule has 0 spiro atoms. The molecular weight excluding hydrogens is 470 g/mol. The number of nitro groups is 1. The molecule has 6 rings (SSSR count). The third-order valence-corrected chi connectivity index (χ3v) is 7.66. The van der Waals surface area contributed by atoms with Gasteiger partial charge in [0.15, 0.2) is 5.78 Å². The van der Waals surface area contributed by atoms with Crippen molar-refractivity contribution in [2.45, 2.75) is 25.9 Å². The van der Waals surface area contributed by atoms with Crippen LogP contribution in [0.4, 0.5) is 11.4 Å². The fourth-order valence-electron chi connectivity index (χ4n) is 6.09. The van der Waals surface area contributed by atoms with E-state index in [4.69, 9.17) is 0 Å². The van der Waals surface area contributed by atoms with Crippen LogP contribution in [0.25, 0.3) is 6.08 Å². The van der Waals surface area contributed by atoms with E-state index >= 15 is 0 Å². The molecule has 0 aliphatic carbocycles. The zero-order chi connectivity index (χ0) is 26.0. The second kappa shape index (κ2) is 8.23. The standard InChI is InChI=1S/C29H23N3O5/c1-16-10-11-22(17(2)14-16)31-28(34)23-24(29(31)35)26(27(33)19-7-5-8-20(15-19)32(36)37)30-13-12-18-6-3-4-9-21(18)25(23)30/h3-15,23-26H,1-2H3. The maximum atomic E-state index is 14.0. The highest BCUT2D eigenvalue weighted by Gasteiger charge is 2.64. The van der Waals surface area contributed by atoms with Gasteiger partial charge in [-0.25, -0.2) is 4.90 Å². The number of Topliss-reactive ketones (excluding diaryl/α,β-unsaturated/α-hetero) is 1. The average molecular weight is 494 g/mol. The number of carbonyl (C=O) groups is 3. The minimum Gasteiger partial charge on any atom is -0.358 e. The van der Waals surface area contributed by atoms with Crippen molar-refractivity contribution in [3.8, 4) is 0 Å². The zero-order valence-electron chi connectivity index (χ0n) is 20.2. The van der Waals surface area contributed by atoms with Crippen LogP contribution in [-0.4, -0.2) is 33.5 Å². The molecule has 3 aliphatic heterocycles. The SMILES string of the molecule is Cc1ccc(N2C(=O)C3C(C2=O)C2c4ccccc4C=CN2C3C(=O)c2cccc([N+](=O)[O-])c2)c(C)c1. The van der Waals surface area contributed by atoms with Crippen molar-refractivity contribution in [2.24, 2.45) is 11.8 Å². The molecule has 4 unspecified atom stereocenters. The molecule has 0 bridgehead atoms. The molecule has 0 radical (unpaired) electrons. The number of nitrogens with zero attached hydrogens (tertiary/aromatic N) is 3. The third kappa shape index (κ3) is 3.32. The normalized spacial score (nSPS) is 23.6. The number of rotatable bonds is 4. The summed E-state index contributed by atoms with van der Waals surface area (Å²) in [6.07, 6.45) is 3.64. The van der Waals surface area contributed by atoms with Crippen LogP contribution in [0.5, 0.6) is 0 Å². The first-order chi connectivity index (χ1) is 17.8. The molecule has 2 saturated heterocycles. The molecule has 2 amide bonds. The monoisotopic (exact) mass is 493 g/mol. The molecule has 8 nitrogen and oxygen atoms in total. The number of fused-ring (bicyclic) bond motifs is 5. The summed E-state index contributed by atoms with van der Waals surface area (Å²) in [5.41, 5.74) is 4.05. The predicted octanol–water partition coefficient (Wildman–Crippen LogP) is 4.61. The molecular formula is C29H23N3O5. The summed E-state index contributed by atoms with van der Waals surface area (Å²) in [4.78, 5) is 55.8. The molecule has 37 heavy (non-hydrogen) atoms. The van der Waals surface area contributed by atoms with E-state index in [9.17, 15) is 24.5 Å². The summed E-state index contributed by atoms with van der Waals surface area (Å²) in [5, 5.41) is 11.4. The van der Waals surface area contributed by atoms with E-state index in [1.165, 1.54) is 29.2 Å². The highest BCUT2D eigenvalue weighted by molar-refractivity contribution is 6.25. The molecule has 0 aromatic heterocycles. The highest BCUT2D eigenvalue weighted by Crippen LogP contribution is 2.54. The van der Waals surface area contributed by atoms with E-state index in [1.807, 2.05) is 56.3 Å². The summed E-state index contributed by atoms with van der Waals surface area (Å²) in [7, 11) is 0. The fraction of sp³-hybridized carbons (Fsp3) is 0.207. The van der Waals surface area contributed by atoms with Crippen molar-refractivity contribution >= 4 is 35.0 Å². The van der Waals surface area contributed by atoms with Crippen molar-refractivity contribution in [2.75, 3.05) is 4.90 Å². The number of ketones is 1. The Morgan fingerprint density at radius 1 is 0.919 bits per heavy atom. The Morgan fingerprint density at radius 2 is 1.68 bits per heavy atom. The Morgan fingerprint density at radius 3 is 2.43 bits per heavy atom. The minimum atomic E-state index is -0.978. The average Bonchev–Trinajstić information content (AvgIpc) is 3.36. The Bertz CT molecular complexity index is 1540. The number of nitro benzene ring substituents is 1. The van der Waals surface area contributed by atoms with Gasteiger partial charge in [0.25, 0.3) is 5.69 Å². The van der Waals surface area contributed by atoms with Crippen LogP contribution < -0.4 is 4.90 Å². The molecule has 3 aromatic rings. The van der Waals surface area contributed by atoms with Crippen molar-refractivity contribution in [1.82, 2.24) is 4.90 Å². The molecule has 0 N–H and O–H groups in total. The number of hydrogen-bond acceptors (Lipinski definition) is 6. The Hall–Kier alpha value is -4.59. The first kappa shape index (κ1) is 22.8. The summed E-state index contributed by atoms with van der Waals surface area (Å²) >= 11 is 0. The number of anilines is 1. The molecule has 4 atom stereocenters. The van der Waals surface area contributed by atoms with E-state index in [0.29, 0.717) is 5.69 Å². The highest BCUT2D eigenvalue weighted by atomic mass is 16.6. The van der Waals surface area contributed by atoms with Gasteiger partial charge < -0.3 is 4.90 Å². The Balaban J connectivity index is 1.50. The third-order valence-electron chi connectivity index (χ3n) is 7.66. The van der Waals surface area contributed by atoms with Crippen LogP contribution in [-0.2, 0) is 9.59 Å². The van der Waals surface area contributed by atoms with E-state index in [2.05, 4.69) is 0 Å². The summed E-state index contributed by atoms with van der Waals surface area (Å²) in [6.45, 7) is 3.80. The van der Waals surface area contributed by atoms with Gasteiger partial charge in [0.05, 0.1) is 28.5 Å². The summed E-state index contributed by atoms with van der Waals surface area (Å²) in [5.74, 6) is -2.89. The lowest BCUT2D eigenvalue weighted by Gasteiger charge is -2.35. The minimum absolute atomic E-state index is 0.135. The summed E-state index contributed by atoms with van der Waals surface area (Å²) in [6, 6.07) is 17.2. The van der Waals surface area contributed by atoms with E-state index < -0.39 is 40.5 Å². The molecule has 3 heterocycles. The van der Waals surface area contributed by atoms with Crippen molar-refractivity contribution in [3.63, 3.8) is 0 Å². The lowest BCUT2D eigenvalue weighted by atomic mass is 9.83. The van der Waals surface area contributed by atoms with Crippen molar-refractivity contribution in [1.29, 1.82) is 0 Å². The second-order valence-corrected chi connectivity index (χ2v) is 9.81. The second-order valence-electron chi connectivity index (χ2n) is 9.81. The smallest absolute Gasteiger partial charge is 0.270 e. The van der Waals surface area contributed by atoms with Crippen LogP contribution in [0.15, 0.2) is 72.9 Å². The first-order valence-electron chi connectivity index (χ1n) is 12.1. The summed E-state index contributed by atoms with van der Waals surface area (Å²) < 4.78 is 0. The van der Waals surface area contributed by atoms with Gasteiger partial charge in [-0.3, -0.25) is 24.5 Å². The number of hydrogen-bond donors (Lipinski definition) is 0. The quantitative estimate of drug-likeness (QED) is 0.228. The lowest BCUT2D eigenvalue weighted by Crippen LogP contribution is -2.44. The molecule has 3 aromatic carbocycles. The molecule has 0 saturated carbocycles. The van der Waals surface area contributed by atoms with Gasteiger partial charge in [0.2, 0.25) is 11.8 Å². The number of carbonyl (C=O) groups excluding carboxylic acids is 3. The molecule has 3 aliphatic rings. The van der Waals surface area contributed by atoms with Gasteiger partial charge in [0, 0.05) is 23.9 Å². The number of amides is 2. The van der Waals surface area contributed by atoms with Crippen LogP contribution in [0.1, 0.15) is 38.7 Å². The maximum absolute atomic E-state index is 14.0. The number of benzene rings is 3. The van der Waals surface area contributed by atoms with Crippen molar-refractivity contribution < 1.29 is 19.3 Å². The van der Waals surface area contributed by atoms with Gasteiger partial charge in [0.1, 0.15) is 6.04 Å². The molecule has 2 fully saturated rings. The van der Waals surface area contributed by atoms with Crippen molar-refractivity contribution in [3.05, 3.63) is 111 Å². The largest absolute Gasteiger partial charge is 0.358 e. The van der Waals surface area contributed by atoms with Gasteiger partial charge in [-0.15, -0.1) is 0 Å². The first-order valence-corrected chi connectivity index (χ1v) is 12.1. The van der Waals surface area contributed by atoms with E-state index in [-0.39, 0.29) is 17.2 Å². The zero-order valence-corrected chi connectivity index (χ0v) is 20.2. The van der Waals surface area contributed by atoms with Crippen LogP contribution in [0, 0.1) is 35.8 Å². The Kier molecular flexibility index (Phi) is 5.08. The number of imide groups is 1. The van der Waals surface area contributed by atoms with Gasteiger partial charge in [-0.1, -0.05) is 54.1 Å².